The number of carbonyl (C=O) groups excluding carboxylic acids is 2. The molecule has 150 valence electrons. The summed E-state index contributed by atoms with van der Waals surface area (Å²) in [6.45, 7) is 12.8. The molecule has 0 atom stereocenters. The summed E-state index contributed by atoms with van der Waals surface area (Å²) >= 11 is 1.43. The molecule has 2 aromatic rings. The second-order valence-electron chi connectivity index (χ2n) is 8.12. The fourth-order valence-electron chi connectivity index (χ4n) is 3.40. The van der Waals surface area contributed by atoms with E-state index in [1.165, 1.54) is 11.8 Å². The predicted octanol–water partition coefficient (Wildman–Crippen LogP) is 4.01. The zero-order valence-electron chi connectivity index (χ0n) is 17.4. The van der Waals surface area contributed by atoms with Crippen molar-refractivity contribution in [3.8, 4) is 0 Å². The molecule has 28 heavy (non-hydrogen) atoms. The molecule has 1 aliphatic rings. The third-order valence-electron chi connectivity index (χ3n) is 5.05. The number of aryl methyl sites for hydroxylation is 1. The van der Waals surface area contributed by atoms with Gasteiger partial charge in [-0.05, 0) is 45.7 Å². The molecule has 0 radical (unpaired) electrons. The van der Waals surface area contributed by atoms with Crippen molar-refractivity contribution in [1.29, 1.82) is 0 Å². The predicted molar refractivity (Wildman–Crippen MR) is 114 cm³/mol. The van der Waals surface area contributed by atoms with E-state index in [1.807, 2.05) is 31.2 Å². The van der Waals surface area contributed by atoms with Crippen molar-refractivity contribution in [3.05, 3.63) is 35.7 Å². The third kappa shape index (κ3) is 3.68. The Hall–Kier alpha value is -2.28. The van der Waals surface area contributed by atoms with E-state index >= 15 is 0 Å². The summed E-state index contributed by atoms with van der Waals surface area (Å²) < 4.78 is 2.18. The fourth-order valence-corrected chi connectivity index (χ4v) is 4.35. The van der Waals surface area contributed by atoms with Gasteiger partial charge in [0.05, 0.1) is 22.8 Å². The minimum absolute atomic E-state index is 0.105. The molecule has 0 saturated heterocycles. The van der Waals surface area contributed by atoms with Gasteiger partial charge in [0.15, 0.2) is 5.16 Å². The van der Waals surface area contributed by atoms with E-state index in [0.717, 1.165) is 28.8 Å². The first-order valence-corrected chi connectivity index (χ1v) is 10.5. The molecule has 0 unspecified atom stereocenters. The maximum Gasteiger partial charge on any atom is 0.250 e. The van der Waals surface area contributed by atoms with Gasteiger partial charge < -0.3 is 9.88 Å². The normalized spacial score (nSPS) is 15.5. The van der Waals surface area contributed by atoms with Crippen molar-refractivity contribution in [1.82, 2.24) is 9.55 Å². The van der Waals surface area contributed by atoms with Gasteiger partial charge in [-0.3, -0.25) is 14.5 Å². The first kappa shape index (κ1) is 20.5. The molecule has 6 nitrogen and oxygen atoms in total. The van der Waals surface area contributed by atoms with Gasteiger partial charge >= 0.3 is 0 Å². The van der Waals surface area contributed by atoms with Gasteiger partial charge in [0, 0.05) is 12.2 Å². The highest BCUT2D eigenvalue weighted by Crippen LogP contribution is 2.37. The number of para-hydroxylation sites is 2. The van der Waals surface area contributed by atoms with Gasteiger partial charge in [0.1, 0.15) is 5.54 Å². The Morgan fingerprint density at radius 1 is 1.25 bits per heavy atom. The number of fused-ring (bicyclic) bond motifs is 1. The standard InChI is InChI=1S/C21H28N4O2S/c1-13(2)11-24-15(4)14(3)22-20(24)28-12-18(26)25-17-10-8-7-9-16(17)23-19(27)21(25,5)6/h7-10,13H,11-12H2,1-6H3,(H,23,27). The molecule has 7 heteroatoms. The summed E-state index contributed by atoms with van der Waals surface area (Å²) in [4.78, 5) is 32.0. The number of thioether (sulfide) groups is 1. The molecule has 2 heterocycles. The molecular weight excluding hydrogens is 372 g/mol. The minimum Gasteiger partial charge on any atom is -0.323 e. The zero-order valence-corrected chi connectivity index (χ0v) is 18.2. The van der Waals surface area contributed by atoms with Crippen LogP contribution in [0.4, 0.5) is 11.4 Å². The molecule has 3 rings (SSSR count). The van der Waals surface area contributed by atoms with Gasteiger partial charge in [0.2, 0.25) is 11.8 Å². The average molecular weight is 401 g/mol. The van der Waals surface area contributed by atoms with Crippen LogP contribution in [-0.4, -0.2) is 32.7 Å². The van der Waals surface area contributed by atoms with Crippen LogP contribution < -0.4 is 10.2 Å². The van der Waals surface area contributed by atoms with E-state index in [1.54, 1.807) is 18.7 Å². The molecule has 1 aliphatic heterocycles. The summed E-state index contributed by atoms with van der Waals surface area (Å²) in [7, 11) is 0. The molecule has 1 aromatic heterocycles. The number of amides is 2. The van der Waals surface area contributed by atoms with Crippen LogP contribution in [-0.2, 0) is 16.1 Å². The van der Waals surface area contributed by atoms with E-state index in [9.17, 15) is 9.59 Å². The van der Waals surface area contributed by atoms with Crippen LogP contribution in [0, 0.1) is 19.8 Å². The lowest BCUT2D eigenvalue weighted by Gasteiger charge is -2.42. The number of nitrogens with zero attached hydrogens (tertiary/aromatic N) is 3. The fraction of sp³-hybridized carbons (Fsp3) is 0.476. The van der Waals surface area contributed by atoms with Gasteiger partial charge in [-0.15, -0.1) is 0 Å². The van der Waals surface area contributed by atoms with Crippen LogP contribution in [0.5, 0.6) is 0 Å². The number of hydrogen-bond donors (Lipinski definition) is 1. The lowest BCUT2D eigenvalue weighted by molar-refractivity contribution is -0.125. The molecule has 1 aromatic carbocycles. The number of rotatable bonds is 5. The molecule has 0 saturated carbocycles. The van der Waals surface area contributed by atoms with Crippen molar-refractivity contribution >= 4 is 35.0 Å². The Bertz CT molecular complexity index is 917. The highest BCUT2D eigenvalue weighted by Gasteiger charge is 2.43. The first-order valence-electron chi connectivity index (χ1n) is 9.53. The Balaban J connectivity index is 1.86. The maximum absolute atomic E-state index is 13.2. The van der Waals surface area contributed by atoms with Crippen LogP contribution in [0.3, 0.4) is 0 Å². The summed E-state index contributed by atoms with van der Waals surface area (Å²) in [5, 5.41) is 3.75. The third-order valence-corrected chi connectivity index (χ3v) is 6.01. The molecule has 0 aliphatic carbocycles. The number of carbonyl (C=O) groups is 2. The van der Waals surface area contributed by atoms with E-state index < -0.39 is 5.54 Å². The van der Waals surface area contributed by atoms with Gasteiger partial charge in [-0.2, -0.15) is 0 Å². The number of anilines is 2. The minimum atomic E-state index is -0.953. The summed E-state index contributed by atoms with van der Waals surface area (Å²) in [5.41, 5.74) is 2.56. The summed E-state index contributed by atoms with van der Waals surface area (Å²) in [5.74, 6) is 0.419. The van der Waals surface area contributed by atoms with Crippen LogP contribution in [0.25, 0.3) is 0 Å². The Labute approximate surface area is 170 Å². The molecular formula is C21H28N4O2S. The molecule has 0 bridgehead atoms. The highest BCUT2D eigenvalue weighted by molar-refractivity contribution is 7.99. The van der Waals surface area contributed by atoms with Crippen LogP contribution >= 0.6 is 11.8 Å². The SMILES string of the molecule is Cc1nc(SCC(=O)N2c3ccccc3NC(=O)C2(C)C)n(CC(C)C)c1C. The Kier molecular flexibility index (Phi) is 5.57. The van der Waals surface area contributed by atoms with Crippen molar-refractivity contribution in [2.24, 2.45) is 5.92 Å². The number of benzene rings is 1. The number of nitrogens with one attached hydrogen (secondary N) is 1. The zero-order chi connectivity index (χ0) is 20.6. The maximum atomic E-state index is 13.2. The van der Waals surface area contributed by atoms with Crippen LogP contribution in [0.15, 0.2) is 29.4 Å². The second kappa shape index (κ2) is 7.62. The Morgan fingerprint density at radius 2 is 1.93 bits per heavy atom. The smallest absolute Gasteiger partial charge is 0.250 e. The van der Waals surface area contributed by atoms with Gasteiger partial charge in [-0.1, -0.05) is 37.7 Å². The number of aromatic nitrogens is 2. The summed E-state index contributed by atoms with van der Waals surface area (Å²) in [6.07, 6.45) is 0. The average Bonchev–Trinajstić information content (AvgIpc) is 2.88. The topological polar surface area (TPSA) is 67.2 Å². The first-order chi connectivity index (χ1) is 13.1. The van der Waals surface area contributed by atoms with Crippen molar-refractivity contribution in [2.45, 2.75) is 58.8 Å². The molecule has 0 fully saturated rings. The Morgan fingerprint density at radius 3 is 2.61 bits per heavy atom. The molecule has 0 spiro atoms. The highest BCUT2D eigenvalue weighted by atomic mass is 32.2. The van der Waals surface area contributed by atoms with Crippen LogP contribution in [0.1, 0.15) is 39.1 Å². The number of hydrogen-bond acceptors (Lipinski definition) is 4. The van der Waals surface area contributed by atoms with E-state index in [0.29, 0.717) is 11.6 Å². The van der Waals surface area contributed by atoms with E-state index in [-0.39, 0.29) is 17.6 Å². The quantitative estimate of drug-likeness (QED) is 0.770. The molecule has 2 amide bonds. The van der Waals surface area contributed by atoms with Crippen LogP contribution in [0.2, 0.25) is 0 Å². The summed E-state index contributed by atoms with van der Waals surface area (Å²) in [6, 6.07) is 7.41. The largest absolute Gasteiger partial charge is 0.323 e. The lowest BCUT2D eigenvalue weighted by Crippen LogP contribution is -2.59. The lowest BCUT2D eigenvalue weighted by atomic mass is 9.96. The van der Waals surface area contributed by atoms with E-state index in [2.05, 4.69) is 35.6 Å². The second-order valence-corrected chi connectivity index (χ2v) is 9.06. The monoisotopic (exact) mass is 400 g/mol. The van der Waals surface area contributed by atoms with Crippen molar-refractivity contribution < 1.29 is 9.59 Å². The van der Waals surface area contributed by atoms with E-state index in [4.69, 9.17) is 0 Å². The van der Waals surface area contributed by atoms with Gasteiger partial charge in [0.25, 0.3) is 0 Å². The number of imidazole rings is 1. The van der Waals surface area contributed by atoms with Crippen molar-refractivity contribution in [2.75, 3.05) is 16.0 Å². The molecule has 1 N–H and O–H groups in total. The van der Waals surface area contributed by atoms with Gasteiger partial charge in [-0.25, -0.2) is 4.98 Å². The van der Waals surface area contributed by atoms with Crippen molar-refractivity contribution in [3.63, 3.8) is 0 Å².